The van der Waals surface area contributed by atoms with Crippen molar-refractivity contribution in [2.45, 2.75) is 38.5 Å². The minimum atomic E-state index is -4.46. The molecule has 0 bridgehead atoms. The van der Waals surface area contributed by atoms with E-state index in [2.05, 4.69) is 20.6 Å². The second-order valence-electron chi connectivity index (χ2n) is 6.29. The Bertz CT molecular complexity index is 784. The molecule has 5 nitrogen and oxygen atoms in total. The van der Waals surface area contributed by atoms with Crippen LogP contribution in [0.1, 0.15) is 29.8 Å². The number of rotatable bonds is 4. The lowest BCUT2D eigenvalue weighted by molar-refractivity contribution is -0.141. The molecule has 3 rings (SSSR count). The second kappa shape index (κ2) is 7.41. The lowest BCUT2D eigenvalue weighted by Crippen LogP contribution is -2.40. The summed E-state index contributed by atoms with van der Waals surface area (Å²) in [4.78, 5) is 19.8. The van der Waals surface area contributed by atoms with Gasteiger partial charge in [-0.2, -0.15) is 13.2 Å². The quantitative estimate of drug-likeness (QED) is 0.876. The largest absolute Gasteiger partial charge is 0.433 e. The van der Waals surface area contributed by atoms with Crippen molar-refractivity contribution in [2.75, 3.05) is 6.54 Å². The van der Waals surface area contributed by atoms with Gasteiger partial charge in [-0.1, -0.05) is 6.07 Å². The molecule has 0 saturated carbocycles. The van der Waals surface area contributed by atoms with Gasteiger partial charge in [-0.25, -0.2) is 0 Å². The van der Waals surface area contributed by atoms with E-state index in [9.17, 15) is 18.0 Å². The number of pyridine rings is 2. The number of aryl methyl sites for hydroxylation is 1. The molecule has 1 amide bonds. The van der Waals surface area contributed by atoms with Crippen LogP contribution < -0.4 is 10.6 Å². The molecule has 2 N–H and O–H groups in total. The van der Waals surface area contributed by atoms with E-state index in [0.29, 0.717) is 11.3 Å². The van der Waals surface area contributed by atoms with Crippen molar-refractivity contribution in [3.05, 3.63) is 47.5 Å². The first-order valence-corrected chi connectivity index (χ1v) is 8.35. The summed E-state index contributed by atoms with van der Waals surface area (Å²) < 4.78 is 38.0. The first-order chi connectivity index (χ1) is 12.3. The van der Waals surface area contributed by atoms with Crippen LogP contribution in [0.15, 0.2) is 30.6 Å². The molecule has 2 aromatic heterocycles. The van der Waals surface area contributed by atoms with Gasteiger partial charge >= 0.3 is 6.18 Å². The maximum absolute atomic E-state index is 12.7. The Morgan fingerprint density at radius 1 is 1.31 bits per heavy atom. The third-order valence-electron chi connectivity index (χ3n) is 4.35. The van der Waals surface area contributed by atoms with Gasteiger partial charge in [-0.3, -0.25) is 14.8 Å². The standard InChI is InChI=1S/C18H19F3N4O/c1-11-8-23-13(10-25-17(26)15-3-2-6-22-15)7-14(11)12-4-5-16(24-9-12)18(19,20)21/h4-5,7-9,15,22H,2-3,6,10H2,1H3,(H,25,26). The second-order valence-corrected chi connectivity index (χ2v) is 6.29. The maximum Gasteiger partial charge on any atom is 0.433 e. The van der Waals surface area contributed by atoms with Gasteiger partial charge in [0.15, 0.2) is 0 Å². The van der Waals surface area contributed by atoms with Crippen LogP contribution in [0.3, 0.4) is 0 Å². The molecule has 1 unspecified atom stereocenters. The predicted molar refractivity (Wildman–Crippen MR) is 90.1 cm³/mol. The van der Waals surface area contributed by atoms with Crippen LogP contribution in [-0.4, -0.2) is 28.5 Å². The fraction of sp³-hybridized carbons (Fsp3) is 0.389. The van der Waals surface area contributed by atoms with E-state index in [1.165, 1.54) is 12.3 Å². The zero-order chi connectivity index (χ0) is 18.7. The Labute approximate surface area is 149 Å². The minimum absolute atomic E-state index is 0.0670. The van der Waals surface area contributed by atoms with Crippen molar-refractivity contribution < 1.29 is 18.0 Å². The highest BCUT2D eigenvalue weighted by atomic mass is 19.4. The van der Waals surface area contributed by atoms with Crippen LogP contribution in [-0.2, 0) is 17.5 Å². The van der Waals surface area contributed by atoms with E-state index in [1.54, 1.807) is 12.3 Å². The van der Waals surface area contributed by atoms with E-state index in [0.717, 1.165) is 36.6 Å². The van der Waals surface area contributed by atoms with Crippen molar-refractivity contribution >= 4 is 5.91 Å². The molecule has 1 fully saturated rings. The molecule has 8 heteroatoms. The van der Waals surface area contributed by atoms with Crippen LogP contribution in [0, 0.1) is 6.92 Å². The van der Waals surface area contributed by atoms with Crippen LogP contribution >= 0.6 is 0 Å². The number of aromatic nitrogens is 2. The third kappa shape index (κ3) is 4.19. The number of carbonyl (C=O) groups is 1. The molecule has 138 valence electrons. The van der Waals surface area contributed by atoms with Crippen molar-refractivity contribution in [2.24, 2.45) is 0 Å². The summed E-state index contributed by atoms with van der Waals surface area (Å²) in [6, 6.07) is 3.95. The maximum atomic E-state index is 12.7. The van der Waals surface area contributed by atoms with Crippen molar-refractivity contribution in [3.8, 4) is 11.1 Å². The summed E-state index contributed by atoms with van der Waals surface area (Å²) >= 11 is 0. The Morgan fingerprint density at radius 2 is 2.12 bits per heavy atom. The van der Waals surface area contributed by atoms with E-state index in [1.807, 2.05) is 6.92 Å². The van der Waals surface area contributed by atoms with Crippen molar-refractivity contribution in [1.29, 1.82) is 0 Å². The molecule has 1 aliphatic rings. The van der Waals surface area contributed by atoms with E-state index in [4.69, 9.17) is 0 Å². The molecule has 0 spiro atoms. The Balaban J connectivity index is 1.74. The number of halogens is 3. The van der Waals surface area contributed by atoms with E-state index < -0.39 is 11.9 Å². The summed E-state index contributed by atoms with van der Waals surface area (Å²) in [6.45, 7) is 2.93. The van der Waals surface area contributed by atoms with Gasteiger partial charge in [-0.15, -0.1) is 0 Å². The lowest BCUT2D eigenvalue weighted by atomic mass is 10.0. The van der Waals surface area contributed by atoms with Gasteiger partial charge in [0.2, 0.25) is 5.91 Å². The third-order valence-corrected chi connectivity index (χ3v) is 4.35. The highest BCUT2D eigenvalue weighted by molar-refractivity contribution is 5.82. The number of hydrogen-bond acceptors (Lipinski definition) is 4. The predicted octanol–water partition coefficient (Wildman–Crippen LogP) is 2.84. The number of hydrogen-bond donors (Lipinski definition) is 2. The number of nitrogens with one attached hydrogen (secondary N) is 2. The van der Waals surface area contributed by atoms with Crippen LogP contribution in [0.5, 0.6) is 0 Å². The fourth-order valence-corrected chi connectivity index (χ4v) is 2.90. The smallest absolute Gasteiger partial charge is 0.349 e. The first kappa shape index (κ1) is 18.3. The number of alkyl halides is 3. The van der Waals surface area contributed by atoms with Gasteiger partial charge in [-0.05, 0) is 49.6 Å². The SMILES string of the molecule is Cc1cnc(CNC(=O)C2CCCN2)cc1-c1ccc(C(F)(F)F)nc1. The van der Waals surface area contributed by atoms with Crippen LogP contribution in [0.25, 0.3) is 11.1 Å². The number of carbonyl (C=O) groups excluding carboxylic acids is 1. The summed E-state index contributed by atoms with van der Waals surface area (Å²) in [6.07, 6.45) is 0.176. The Kier molecular flexibility index (Phi) is 5.22. The fourth-order valence-electron chi connectivity index (χ4n) is 2.90. The van der Waals surface area contributed by atoms with E-state index >= 15 is 0 Å². The normalized spacial score (nSPS) is 17.3. The van der Waals surface area contributed by atoms with Crippen LogP contribution in [0.2, 0.25) is 0 Å². The van der Waals surface area contributed by atoms with Gasteiger partial charge < -0.3 is 10.6 Å². The summed E-state index contributed by atoms with van der Waals surface area (Å²) in [5, 5.41) is 5.96. The van der Waals surface area contributed by atoms with Gasteiger partial charge in [0, 0.05) is 18.0 Å². The summed E-state index contributed by atoms with van der Waals surface area (Å²) in [5.41, 5.74) is 1.84. The Hall–Kier alpha value is -2.48. The summed E-state index contributed by atoms with van der Waals surface area (Å²) in [5.74, 6) is -0.0670. The monoisotopic (exact) mass is 364 g/mol. The minimum Gasteiger partial charge on any atom is -0.349 e. The Morgan fingerprint density at radius 3 is 2.73 bits per heavy atom. The van der Waals surface area contributed by atoms with E-state index in [-0.39, 0.29) is 18.5 Å². The number of amides is 1. The average molecular weight is 364 g/mol. The van der Waals surface area contributed by atoms with Gasteiger partial charge in [0.25, 0.3) is 0 Å². The lowest BCUT2D eigenvalue weighted by Gasteiger charge is -2.13. The highest BCUT2D eigenvalue weighted by Crippen LogP contribution is 2.29. The topological polar surface area (TPSA) is 66.9 Å². The van der Waals surface area contributed by atoms with Crippen molar-refractivity contribution in [3.63, 3.8) is 0 Å². The molecule has 0 aliphatic carbocycles. The molecule has 3 heterocycles. The molecule has 0 aromatic carbocycles. The molecular formula is C18H19F3N4O. The molecule has 26 heavy (non-hydrogen) atoms. The van der Waals surface area contributed by atoms with Crippen LogP contribution in [0.4, 0.5) is 13.2 Å². The molecule has 2 aromatic rings. The zero-order valence-electron chi connectivity index (χ0n) is 14.2. The van der Waals surface area contributed by atoms with Gasteiger partial charge in [0.05, 0.1) is 18.3 Å². The molecule has 1 saturated heterocycles. The average Bonchev–Trinajstić information content (AvgIpc) is 3.15. The van der Waals surface area contributed by atoms with Gasteiger partial charge in [0.1, 0.15) is 5.69 Å². The summed E-state index contributed by atoms with van der Waals surface area (Å²) in [7, 11) is 0. The number of nitrogens with zero attached hydrogens (tertiary/aromatic N) is 2. The molecule has 0 radical (unpaired) electrons. The zero-order valence-corrected chi connectivity index (χ0v) is 14.2. The molecule has 1 aliphatic heterocycles. The van der Waals surface area contributed by atoms with Crippen molar-refractivity contribution in [1.82, 2.24) is 20.6 Å². The molecule has 1 atom stereocenters. The first-order valence-electron chi connectivity index (χ1n) is 8.35. The highest BCUT2D eigenvalue weighted by Gasteiger charge is 2.32. The molecular weight excluding hydrogens is 345 g/mol.